The molecule has 0 aliphatic heterocycles. The lowest BCUT2D eigenvalue weighted by Gasteiger charge is -2.09. The summed E-state index contributed by atoms with van der Waals surface area (Å²) in [5, 5.41) is 3.68. The highest BCUT2D eigenvalue weighted by Gasteiger charge is 2.05. The van der Waals surface area contributed by atoms with Crippen molar-refractivity contribution in [2.24, 2.45) is 0 Å². The molecular formula is C14H15ClN2O. The van der Waals surface area contributed by atoms with Gasteiger partial charge in [0, 0.05) is 18.3 Å². The molecule has 1 heterocycles. The molecule has 1 aromatic heterocycles. The standard InChI is InChI=1S/C14H15ClN2O/c1-10-11(9-16-2)7-8-14(17-10)18-13-6-4-3-5-12(13)15/h3-8,16H,9H2,1-2H3. The van der Waals surface area contributed by atoms with Crippen LogP contribution in [0.25, 0.3) is 0 Å². The van der Waals surface area contributed by atoms with E-state index < -0.39 is 0 Å². The number of rotatable bonds is 4. The number of nitrogens with one attached hydrogen (secondary N) is 1. The molecule has 0 fully saturated rings. The molecule has 0 atom stereocenters. The summed E-state index contributed by atoms with van der Waals surface area (Å²) < 4.78 is 5.66. The van der Waals surface area contributed by atoms with Crippen LogP contribution in [-0.4, -0.2) is 12.0 Å². The molecule has 0 aliphatic carbocycles. The fourth-order valence-electron chi connectivity index (χ4n) is 1.64. The lowest BCUT2D eigenvalue weighted by atomic mass is 10.2. The van der Waals surface area contributed by atoms with Crippen molar-refractivity contribution in [1.29, 1.82) is 0 Å². The Bertz CT molecular complexity index is 543. The van der Waals surface area contributed by atoms with Crippen LogP contribution in [0.3, 0.4) is 0 Å². The monoisotopic (exact) mass is 262 g/mol. The highest BCUT2D eigenvalue weighted by Crippen LogP contribution is 2.28. The molecule has 0 saturated heterocycles. The number of pyridine rings is 1. The summed E-state index contributed by atoms with van der Waals surface area (Å²) in [4.78, 5) is 4.41. The van der Waals surface area contributed by atoms with Gasteiger partial charge in [-0.15, -0.1) is 0 Å². The lowest BCUT2D eigenvalue weighted by Crippen LogP contribution is -2.07. The van der Waals surface area contributed by atoms with Crippen LogP contribution < -0.4 is 10.1 Å². The van der Waals surface area contributed by atoms with Crippen molar-refractivity contribution >= 4 is 11.6 Å². The van der Waals surface area contributed by atoms with Gasteiger partial charge in [0.1, 0.15) is 5.75 Å². The third-order valence-electron chi connectivity index (χ3n) is 2.59. The van der Waals surface area contributed by atoms with E-state index in [9.17, 15) is 0 Å². The second-order valence-electron chi connectivity index (χ2n) is 3.96. The molecule has 3 nitrogen and oxygen atoms in total. The van der Waals surface area contributed by atoms with E-state index in [1.807, 2.05) is 44.3 Å². The van der Waals surface area contributed by atoms with Crippen LogP contribution in [0.15, 0.2) is 36.4 Å². The zero-order valence-electron chi connectivity index (χ0n) is 10.4. The summed E-state index contributed by atoms with van der Waals surface area (Å²) in [5.41, 5.74) is 2.11. The number of para-hydroxylation sites is 1. The van der Waals surface area contributed by atoms with Crippen molar-refractivity contribution in [1.82, 2.24) is 10.3 Å². The summed E-state index contributed by atoms with van der Waals surface area (Å²) in [6.45, 7) is 2.76. The molecule has 94 valence electrons. The first-order chi connectivity index (χ1) is 8.70. The van der Waals surface area contributed by atoms with Gasteiger partial charge < -0.3 is 10.1 Å². The summed E-state index contributed by atoms with van der Waals surface area (Å²) in [6, 6.07) is 11.2. The van der Waals surface area contributed by atoms with Gasteiger partial charge in [0.15, 0.2) is 0 Å². The molecule has 0 aliphatic rings. The van der Waals surface area contributed by atoms with Crippen LogP contribution >= 0.6 is 11.6 Å². The molecular weight excluding hydrogens is 248 g/mol. The maximum atomic E-state index is 6.03. The normalized spacial score (nSPS) is 10.4. The highest BCUT2D eigenvalue weighted by molar-refractivity contribution is 6.32. The Labute approximate surface area is 112 Å². The Kier molecular flexibility index (Phi) is 4.18. The fraction of sp³-hybridized carbons (Fsp3) is 0.214. The lowest BCUT2D eigenvalue weighted by molar-refractivity contribution is 0.461. The number of nitrogens with zero attached hydrogens (tertiary/aromatic N) is 1. The summed E-state index contributed by atoms with van der Waals surface area (Å²) in [7, 11) is 1.91. The average molecular weight is 263 g/mol. The van der Waals surface area contributed by atoms with Crippen molar-refractivity contribution in [3.05, 3.63) is 52.7 Å². The number of benzene rings is 1. The molecule has 0 bridgehead atoms. The minimum atomic E-state index is 0.556. The van der Waals surface area contributed by atoms with Gasteiger partial charge in [-0.3, -0.25) is 0 Å². The highest BCUT2D eigenvalue weighted by atomic mass is 35.5. The largest absolute Gasteiger partial charge is 0.437 e. The smallest absolute Gasteiger partial charge is 0.219 e. The number of hydrogen-bond acceptors (Lipinski definition) is 3. The van der Waals surface area contributed by atoms with Crippen LogP contribution in [0.2, 0.25) is 5.02 Å². The first-order valence-corrected chi connectivity index (χ1v) is 6.12. The molecule has 0 radical (unpaired) electrons. The number of aromatic nitrogens is 1. The predicted octanol–water partition coefficient (Wildman–Crippen LogP) is 3.56. The Balaban J connectivity index is 2.20. The quantitative estimate of drug-likeness (QED) is 0.915. The van der Waals surface area contributed by atoms with Gasteiger partial charge in [-0.25, -0.2) is 4.98 Å². The van der Waals surface area contributed by atoms with E-state index >= 15 is 0 Å². The maximum Gasteiger partial charge on any atom is 0.219 e. The van der Waals surface area contributed by atoms with Gasteiger partial charge in [-0.05, 0) is 31.7 Å². The third kappa shape index (κ3) is 3.00. The summed E-state index contributed by atoms with van der Waals surface area (Å²) in [5.74, 6) is 1.17. The van der Waals surface area contributed by atoms with E-state index in [0.29, 0.717) is 16.7 Å². The molecule has 0 unspecified atom stereocenters. The first kappa shape index (κ1) is 12.9. The van der Waals surface area contributed by atoms with E-state index in [1.54, 1.807) is 6.07 Å². The second-order valence-corrected chi connectivity index (χ2v) is 4.36. The molecule has 1 aromatic carbocycles. The van der Waals surface area contributed by atoms with Crippen LogP contribution in [0.4, 0.5) is 0 Å². The van der Waals surface area contributed by atoms with E-state index in [4.69, 9.17) is 16.3 Å². The zero-order valence-corrected chi connectivity index (χ0v) is 11.2. The minimum Gasteiger partial charge on any atom is -0.437 e. The Hall–Kier alpha value is -1.58. The topological polar surface area (TPSA) is 34.1 Å². The second kappa shape index (κ2) is 5.85. The van der Waals surface area contributed by atoms with E-state index in [2.05, 4.69) is 10.3 Å². The van der Waals surface area contributed by atoms with Gasteiger partial charge in [0.05, 0.1) is 5.02 Å². The molecule has 1 N–H and O–H groups in total. The minimum absolute atomic E-state index is 0.556. The van der Waals surface area contributed by atoms with Crippen LogP contribution in [0.5, 0.6) is 11.6 Å². The molecule has 0 amide bonds. The first-order valence-electron chi connectivity index (χ1n) is 5.74. The van der Waals surface area contributed by atoms with Gasteiger partial charge in [-0.2, -0.15) is 0 Å². The molecule has 0 saturated carbocycles. The Morgan fingerprint density at radius 3 is 2.67 bits per heavy atom. The predicted molar refractivity (Wildman–Crippen MR) is 73.3 cm³/mol. The molecule has 4 heteroatoms. The fourth-order valence-corrected chi connectivity index (χ4v) is 1.82. The van der Waals surface area contributed by atoms with E-state index in [1.165, 1.54) is 0 Å². The summed E-state index contributed by atoms with van der Waals surface area (Å²) >= 11 is 6.03. The van der Waals surface area contributed by atoms with Crippen molar-refractivity contribution < 1.29 is 4.74 Å². The third-order valence-corrected chi connectivity index (χ3v) is 2.90. The van der Waals surface area contributed by atoms with E-state index in [0.717, 1.165) is 17.8 Å². The number of hydrogen-bond donors (Lipinski definition) is 1. The number of halogens is 1. The molecule has 2 rings (SSSR count). The van der Waals surface area contributed by atoms with Crippen LogP contribution in [0, 0.1) is 6.92 Å². The van der Waals surface area contributed by atoms with Gasteiger partial charge in [0.25, 0.3) is 0 Å². The van der Waals surface area contributed by atoms with Crippen molar-refractivity contribution in [3.63, 3.8) is 0 Å². The van der Waals surface area contributed by atoms with Crippen molar-refractivity contribution in [2.45, 2.75) is 13.5 Å². The Morgan fingerprint density at radius 2 is 2.00 bits per heavy atom. The van der Waals surface area contributed by atoms with Gasteiger partial charge in [0.2, 0.25) is 5.88 Å². The van der Waals surface area contributed by atoms with Gasteiger partial charge >= 0.3 is 0 Å². The number of aryl methyl sites for hydroxylation is 1. The van der Waals surface area contributed by atoms with Crippen LogP contribution in [-0.2, 0) is 6.54 Å². The van der Waals surface area contributed by atoms with Crippen molar-refractivity contribution in [3.8, 4) is 11.6 Å². The summed E-state index contributed by atoms with van der Waals surface area (Å²) in [6.07, 6.45) is 0. The SMILES string of the molecule is CNCc1ccc(Oc2ccccc2Cl)nc1C. The van der Waals surface area contributed by atoms with E-state index in [-0.39, 0.29) is 0 Å². The Morgan fingerprint density at radius 1 is 1.22 bits per heavy atom. The van der Waals surface area contributed by atoms with Gasteiger partial charge in [-0.1, -0.05) is 29.8 Å². The van der Waals surface area contributed by atoms with Crippen molar-refractivity contribution in [2.75, 3.05) is 7.05 Å². The number of ether oxygens (including phenoxy) is 1. The molecule has 2 aromatic rings. The molecule has 18 heavy (non-hydrogen) atoms. The maximum absolute atomic E-state index is 6.03. The average Bonchev–Trinajstić information content (AvgIpc) is 2.36. The van der Waals surface area contributed by atoms with Crippen LogP contribution in [0.1, 0.15) is 11.3 Å². The zero-order chi connectivity index (χ0) is 13.0. The molecule has 0 spiro atoms.